The van der Waals surface area contributed by atoms with Crippen LogP contribution in [0.1, 0.15) is 20.8 Å². The number of hydrogen-bond acceptors (Lipinski definition) is 6. The third-order valence-electron chi connectivity index (χ3n) is 3.65. The van der Waals surface area contributed by atoms with Crippen molar-refractivity contribution < 1.29 is 28.6 Å². The lowest BCUT2D eigenvalue weighted by atomic mass is 10.00. The van der Waals surface area contributed by atoms with Crippen molar-refractivity contribution in [1.82, 2.24) is 0 Å². The van der Waals surface area contributed by atoms with Crippen molar-refractivity contribution in [1.29, 1.82) is 0 Å². The number of hydrogen-bond donors (Lipinski definition) is 0. The molecule has 0 saturated carbocycles. The van der Waals surface area contributed by atoms with E-state index >= 15 is 0 Å². The summed E-state index contributed by atoms with van der Waals surface area (Å²) < 4.78 is 16.0. The fourth-order valence-electron chi connectivity index (χ4n) is 2.82. The first-order valence-electron chi connectivity index (χ1n) is 7.90. The fourth-order valence-corrected chi connectivity index (χ4v) is 2.82. The van der Waals surface area contributed by atoms with Gasteiger partial charge in [-0.05, 0) is 18.2 Å². The lowest BCUT2D eigenvalue weighted by molar-refractivity contribution is -0.132. The molecule has 3 rings (SSSR count). The first-order chi connectivity index (χ1) is 12.4. The van der Waals surface area contributed by atoms with E-state index in [0.29, 0.717) is 38.8 Å². The normalized spacial score (nSPS) is 10.6. The molecule has 0 radical (unpaired) electrons. The van der Waals surface area contributed by atoms with Gasteiger partial charge in [-0.1, -0.05) is 24.3 Å². The molecule has 0 fully saturated rings. The van der Waals surface area contributed by atoms with Crippen LogP contribution in [0.25, 0.3) is 21.5 Å². The van der Waals surface area contributed by atoms with Crippen molar-refractivity contribution in [3.63, 3.8) is 0 Å². The van der Waals surface area contributed by atoms with E-state index in [0.717, 1.165) is 0 Å². The van der Waals surface area contributed by atoms with Crippen LogP contribution in [0.4, 0.5) is 0 Å². The molecule has 0 atom stereocenters. The van der Waals surface area contributed by atoms with Crippen LogP contribution < -0.4 is 14.2 Å². The lowest BCUT2D eigenvalue weighted by Gasteiger charge is -2.16. The predicted molar refractivity (Wildman–Crippen MR) is 95.4 cm³/mol. The molecule has 0 saturated heterocycles. The highest BCUT2D eigenvalue weighted by molar-refractivity contribution is 6.13. The lowest BCUT2D eigenvalue weighted by Crippen LogP contribution is -2.06. The maximum absolute atomic E-state index is 11.6. The molecule has 26 heavy (non-hydrogen) atoms. The highest BCUT2D eigenvalue weighted by Gasteiger charge is 2.19. The van der Waals surface area contributed by atoms with Gasteiger partial charge in [-0.15, -0.1) is 0 Å². The number of ether oxygens (including phenoxy) is 3. The molecule has 3 aromatic rings. The van der Waals surface area contributed by atoms with Crippen LogP contribution in [0.15, 0.2) is 42.5 Å². The number of benzene rings is 3. The molecule has 0 aliphatic carbocycles. The Bertz CT molecular complexity index is 1050. The Hall–Kier alpha value is -3.41. The van der Waals surface area contributed by atoms with Gasteiger partial charge in [0.2, 0.25) is 0 Å². The first-order valence-corrected chi connectivity index (χ1v) is 7.90. The monoisotopic (exact) mass is 352 g/mol. The van der Waals surface area contributed by atoms with Crippen molar-refractivity contribution in [2.75, 3.05) is 0 Å². The number of esters is 3. The number of carbonyl (C=O) groups is 3. The van der Waals surface area contributed by atoms with Crippen molar-refractivity contribution in [3.05, 3.63) is 42.5 Å². The third-order valence-corrected chi connectivity index (χ3v) is 3.65. The zero-order valence-electron chi connectivity index (χ0n) is 14.5. The zero-order chi connectivity index (χ0) is 18.8. The molecule has 0 aromatic heterocycles. The second-order valence-electron chi connectivity index (χ2n) is 5.69. The molecule has 0 aliphatic rings. The van der Waals surface area contributed by atoms with E-state index in [1.807, 2.05) is 0 Å². The van der Waals surface area contributed by atoms with E-state index in [2.05, 4.69) is 0 Å². The van der Waals surface area contributed by atoms with E-state index in [-0.39, 0.29) is 0 Å². The molecule has 0 spiro atoms. The number of fused-ring (bicyclic) bond motifs is 2. The van der Waals surface area contributed by atoms with Crippen LogP contribution >= 0.6 is 0 Å². The molecule has 0 heterocycles. The molecule has 3 aromatic carbocycles. The Morgan fingerprint density at radius 3 is 1.58 bits per heavy atom. The number of carbonyl (C=O) groups excluding carboxylic acids is 3. The van der Waals surface area contributed by atoms with Gasteiger partial charge in [0, 0.05) is 42.3 Å². The molecule has 0 unspecified atom stereocenters. The molecular formula is C20H16O6. The minimum atomic E-state index is -0.491. The van der Waals surface area contributed by atoms with Crippen molar-refractivity contribution in [2.24, 2.45) is 0 Å². The van der Waals surface area contributed by atoms with Crippen molar-refractivity contribution in [2.45, 2.75) is 20.8 Å². The predicted octanol–water partition coefficient (Wildman–Crippen LogP) is 3.77. The van der Waals surface area contributed by atoms with Gasteiger partial charge in [-0.3, -0.25) is 14.4 Å². The Labute approximate surface area is 149 Å². The second-order valence-corrected chi connectivity index (χ2v) is 5.69. The molecule has 6 heteroatoms. The average molecular weight is 352 g/mol. The molecular weight excluding hydrogens is 336 g/mol. The van der Waals surface area contributed by atoms with Gasteiger partial charge in [-0.2, -0.15) is 0 Å². The number of rotatable bonds is 3. The topological polar surface area (TPSA) is 78.9 Å². The van der Waals surface area contributed by atoms with E-state index < -0.39 is 17.9 Å². The molecule has 6 nitrogen and oxygen atoms in total. The summed E-state index contributed by atoms with van der Waals surface area (Å²) in [5, 5.41) is 2.29. The fraction of sp³-hybridized carbons (Fsp3) is 0.150. The maximum Gasteiger partial charge on any atom is 0.308 e. The minimum Gasteiger partial charge on any atom is -0.427 e. The van der Waals surface area contributed by atoms with Gasteiger partial charge < -0.3 is 14.2 Å². The van der Waals surface area contributed by atoms with Crippen LogP contribution in [-0.2, 0) is 14.4 Å². The van der Waals surface area contributed by atoms with Crippen LogP contribution in [-0.4, -0.2) is 17.9 Å². The van der Waals surface area contributed by atoms with Crippen molar-refractivity contribution >= 4 is 39.5 Å². The summed E-state index contributed by atoms with van der Waals surface area (Å²) in [4.78, 5) is 34.5. The summed E-state index contributed by atoms with van der Waals surface area (Å²) in [7, 11) is 0. The Morgan fingerprint density at radius 2 is 1.08 bits per heavy atom. The van der Waals surface area contributed by atoms with Crippen LogP contribution in [0.3, 0.4) is 0 Å². The zero-order valence-corrected chi connectivity index (χ0v) is 14.5. The van der Waals surface area contributed by atoms with E-state index in [9.17, 15) is 14.4 Å². The van der Waals surface area contributed by atoms with E-state index in [4.69, 9.17) is 14.2 Å². The molecule has 0 bridgehead atoms. The maximum atomic E-state index is 11.6. The standard InChI is InChI=1S/C20H16O6/c1-11(21)24-14-8-9-17-18(10-14)20(26-13(3)23)16-7-5-4-6-15(16)19(17)25-12(2)22/h4-10H,1-3H3. The van der Waals surface area contributed by atoms with Crippen molar-refractivity contribution in [3.8, 4) is 17.2 Å². The summed E-state index contributed by atoms with van der Waals surface area (Å²) in [5.74, 6) is -0.474. The van der Waals surface area contributed by atoms with Gasteiger partial charge in [0.05, 0.1) is 0 Å². The summed E-state index contributed by atoms with van der Waals surface area (Å²) in [5.41, 5.74) is 0. The van der Waals surface area contributed by atoms with Gasteiger partial charge in [0.15, 0.2) is 0 Å². The summed E-state index contributed by atoms with van der Waals surface area (Å²) in [6.45, 7) is 3.91. The van der Waals surface area contributed by atoms with E-state index in [1.54, 1.807) is 42.5 Å². The van der Waals surface area contributed by atoms with Crippen LogP contribution in [0.2, 0.25) is 0 Å². The average Bonchev–Trinajstić information content (AvgIpc) is 2.56. The highest BCUT2D eigenvalue weighted by atomic mass is 16.5. The Morgan fingerprint density at radius 1 is 0.615 bits per heavy atom. The molecule has 132 valence electrons. The summed E-state index contributed by atoms with van der Waals surface area (Å²) >= 11 is 0. The molecule has 0 amide bonds. The first kappa shape index (κ1) is 17.4. The molecule has 0 aliphatic heterocycles. The van der Waals surface area contributed by atoms with E-state index in [1.165, 1.54) is 20.8 Å². The minimum absolute atomic E-state index is 0.294. The second kappa shape index (κ2) is 6.84. The molecule has 0 N–H and O–H groups in total. The smallest absolute Gasteiger partial charge is 0.308 e. The van der Waals surface area contributed by atoms with Gasteiger partial charge in [0.1, 0.15) is 17.2 Å². The summed E-state index contributed by atoms with van der Waals surface area (Å²) in [6.07, 6.45) is 0. The third kappa shape index (κ3) is 3.35. The van der Waals surface area contributed by atoms with Crippen LogP contribution in [0, 0.1) is 0 Å². The SMILES string of the molecule is CC(=O)Oc1ccc2c(OC(C)=O)c3ccccc3c(OC(C)=O)c2c1. The highest BCUT2D eigenvalue weighted by Crippen LogP contribution is 2.44. The van der Waals surface area contributed by atoms with Crippen LogP contribution in [0.5, 0.6) is 17.2 Å². The Balaban J connectivity index is 2.42. The quantitative estimate of drug-likeness (QED) is 0.406. The summed E-state index contributed by atoms with van der Waals surface area (Å²) in [6, 6.07) is 11.9. The largest absolute Gasteiger partial charge is 0.427 e. The Kier molecular flexibility index (Phi) is 4.58. The van der Waals surface area contributed by atoms with Gasteiger partial charge in [-0.25, -0.2) is 0 Å². The van der Waals surface area contributed by atoms with Gasteiger partial charge >= 0.3 is 17.9 Å². The van der Waals surface area contributed by atoms with Gasteiger partial charge in [0.25, 0.3) is 0 Å².